The minimum atomic E-state index is -2.10. The molecule has 3 atom stereocenters. The quantitative estimate of drug-likeness (QED) is 0.117. The van der Waals surface area contributed by atoms with Gasteiger partial charge in [0, 0.05) is 27.2 Å². The molecule has 0 bridgehead atoms. The van der Waals surface area contributed by atoms with E-state index >= 15 is 0 Å². The number of hydrogen-bond acceptors (Lipinski definition) is 5. The summed E-state index contributed by atoms with van der Waals surface area (Å²) < 4.78 is 18.1. The first-order valence-corrected chi connectivity index (χ1v) is 11.6. The van der Waals surface area contributed by atoms with Gasteiger partial charge in [0.05, 0.1) is 17.8 Å². The van der Waals surface area contributed by atoms with E-state index in [2.05, 4.69) is 4.99 Å². The van der Waals surface area contributed by atoms with Crippen molar-refractivity contribution in [2.24, 2.45) is 28.3 Å². The Balaban J connectivity index is 2.51. The van der Waals surface area contributed by atoms with Crippen molar-refractivity contribution in [2.75, 3.05) is 12.7 Å². The lowest BCUT2D eigenvalue weighted by molar-refractivity contribution is -0.152. The topological polar surface area (TPSA) is 108 Å². The van der Waals surface area contributed by atoms with Crippen LogP contribution in [0, 0.1) is 11.8 Å². The summed E-state index contributed by atoms with van der Waals surface area (Å²) in [5.41, 5.74) is 12.5. The van der Waals surface area contributed by atoms with E-state index < -0.39 is 20.1 Å². The van der Waals surface area contributed by atoms with Gasteiger partial charge in [0.15, 0.2) is 7.57 Å². The van der Waals surface area contributed by atoms with Crippen LogP contribution in [-0.2, 0) is 20.9 Å². The summed E-state index contributed by atoms with van der Waals surface area (Å²) in [7, 11) is 2.98. The second kappa shape index (κ2) is 14.3. The Morgan fingerprint density at radius 1 is 1.27 bits per heavy atom. The van der Waals surface area contributed by atoms with Crippen LogP contribution in [-0.4, -0.2) is 43.9 Å². The van der Waals surface area contributed by atoms with Gasteiger partial charge in [-0.1, -0.05) is 44.2 Å². The molecule has 30 heavy (non-hydrogen) atoms. The summed E-state index contributed by atoms with van der Waals surface area (Å²) in [6.45, 7) is 4.52. The fraction of sp³-hybridized carbons (Fsp3) is 0.571. The second-order valence-electron chi connectivity index (χ2n) is 7.77. The zero-order chi connectivity index (χ0) is 22.5. The molecule has 0 aliphatic heterocycles. The van der Waals surface area contributed by atoms with Gasteiger partial charge in [-0.2, -0.15) is 0 Å². The standard InChI is InChI=1S/C21H32BFN3O3P/c1-15(2)11-17(21(28)29-13-16-7-4-3-5-8-16)12-19(27)18(24)9-6-10-26-20(25)14-30(22)23/h3-5,7-8,15,17-18H,6,9-14,24H2,1-2H3,(H2,25,26)/t17-,18-,30?/m1/s1. The number of carbonyl (C=O) groups excluding carboxylic acids is 2. The molecule has 2 radical (unpaired) electrons. The first-order chi connectivity index (χ1) is 14.2. The van der Waals surface area contributed by atoms with Crippen molar-refractivity contribution in [2.45, 2.75) is 52.2 Å². The van der Waals surface area contributed by atoms with Gasteiger partial charge >= 0.3 is 5.97 Å². The van der Waals surface area contributed by atoms with Crippen molar-refractivity contribution in [3.05, 3.63) is 35.9 Å². The normalized spacial score (nSPS) is 14.9. The van der Waals surface area contributed by atoms with E-state index in [9.17, 15) is 13.8 Å². The Labute approximate surface area is 181 Å². The molecule has 1 aromatic rings. The van der Waals surface area contributed by atoms with Crippen molar-refractivity contribution in [1.82, 2.24) is 0 Å². The predicted molar refractivity (Wildman–Crippen MR) is 121 cm³/mol. The number of hydrogen-bond donors (Lipinski definition) is 2. The molecule has 0 fully saturated rings. The molecule has 0 amide bonds. The number of esters is 1. The highest BCUT2D eigenvalue weighted by Gasteiger charge is 2.26. The molecule has 0 heterocycles. The first-order valence-electron chi connectivity index (χ1n) is 10.1. The Morgan fingerprint density at radius 3 is 2.53 bits per heavy atom. The SMILES string of the molecule is [B]P(F)CC(N)=NCCC[C@@H](N)C(=O)C[C@@H](CC(C)C)C(=O)OCc1ccccc1. The van der Waals surface area contributed by atoms with E-state index in [0.29, 0.717) is 25.8 Å². The number of carbonyl (C=O) groups is 2. The molecule has 164 valence electrons. The lowest BCUT2D eigenvalue weighted by Gasteiger charge is -2.19. The Hall–Kier alpha value is -1.79. The number of halogens is 1. The summed E-state index contributed by atoms with van der Waals surface area (Å²) in [6, 6.07) is 8.71. The number of rotatable bonds is 14. The fourth-order valence-corrected chi connectivity index (χ4v) is 3.38. The van der Waals surface area contributed by atoms with E-state index in [4.69, 9.17) is 23.8 Å². The minimum absolute atomic E-state index is 0.0533. The zero-order valence-corrected chi connectivity index (χ0v) is 18.7. The van der Waals surface area contributed by atoms with Crippen LogP contribution in [0.4, 0.5) is 4.20 Å². The van der Waals surface area contributed by atoms with E-state index in [0.717, 1.165) is 5.56 Å². The van der Waals surface area contributed by atoms with Gasteiger partial charge in [-0.15, -0.1) is 0 Å². The Bertz CT molecular complexity index is 689. The van der Waals surface area contributed by atoms with Crippen LogP contribution < -0.4 is 11.5 Å². The van der Waals surface area contributed by atoms with Crippen LogP contribution in [0.3, 0.4) is 0 Å². The first kappa shape index (κ1) is 26.3. The molecule has 0 saturated heterocycles. The molecule has 0 aromatic heterocycles. The van der Waals surface area contributed by atoms with Gasteiger partial charge in [0.2, 0.25) is 0 Å². The van der Waals surface area contributed by atoms with Crippen molar-refractivity contribution in [3.8, 4) is 0 Å². The van der Waals surface area contributed by atoms with Gasteiger partial charge in [-0.05, 0) is 30.7 Å². The van der Waals surface area contributed by atoms with Crippen LogP contribution in [0.1, 0.15) is 45.1 Å². The minimum Gasteiger partial charge on any atom is -0.461 e. The van der Waals surface area contributed by atoms with E-state index in [-0.39, 0.29) is 42.7 Å². The summed E-state index contributed by atoms with van der Waals surface area (Å²) >= 11 is 0. The number of benzene rings is 1. The van der Waals surface area contributed by atoms with Gasteiger partial charge < -0.3 is 16.2 Å². The van der Waals surface area contributed by atoms with Gasteiger partial charge in [0.25, 0.3) is 0 Å². The third-order valence-electron chi connectivity index (χ3n) is 4.48. The van der Waals surface area contributed by atoms with Crippen LogP contribution >= 0.6 is 8.11 Å². The number of ketones is 1. The summed E-state index contributed by atoms with van der Waals surface area (Å²) in [6.07, 6.45) is 1.50. The molecule has 6 nitrogen and oxygen atoms in total. The Morgan fingerprint density at radius 2 is 1.93 bits per heavy atom. The van der Waals surface area contributed by atoms with Crippen molar-refractivity contribution < 1.29 is 18.5 Å². The zero-order valence-electron chi connectivity index (χ0n) is 17.8. The van der Waals surface area contributed by atoms with Gasteiger partial charge in [-0.25, -0.2) is 4.20 Å². The maximum absolute atomic E-state index is 12.7. The molecule has 0 spiro atoms. The molecular formula is C21H32BFN3O3P. The third-order valence-corrected chi connectivity index (χ3v) is 5.10. The van der Waals surface area contributed by atoms with Crippen LogP contribution in [0.25, 0.3) is 0 Å². The molecule has 0 saturated carbocycles. The maximum Gasteiger partial charge on any atom is 0.309 e. The van der Waals surface area contributed by atoms with Crippen LogP contribution in [0.15, 0.2) is 35.3 Å². The Kier molecular flexibility index (Phi) is 12.5. The van der Waals surface area contributed by atoms with Crippen LogP contribution in [0.2, 0.25) is 0 Å². The summed E-state index contributed by atoms with van der Waals surface area (Å²) in [5.74, 6) is -0.666. The molecule has 9 heteroatoms. The van der Waals surface area contributed by atoms with Gasteiger partial charge in [0.1, 0.15) is 12.4 Å². The number of nitrogens with zero attached hydrogens (tertiary/aromatic N) is 1. The average Bonchev–Trinajstić information content (AvgIpc) is 2.68. The van der Waals surface area contributed by atoms with E-state index in [1.807, 2.05) is 44.2 Å². The van der Waals surface area contributed by atoms with E-state index in [1.54, 1.807) is 0 Å². The van der Waals surface area contributed by atoms with Crippen LogP contribution in [0.5, 0.6) is 0 Å². The molecule has 4 N–H and O–H groups in total. The highest BCUT2D eigenvalue weighted by Crippen LogP contribution is 2.29. The molecule has 1 unspecified atom stereocenters. The van der Waals surface area contributed by atoms with Gasteiger partial charge in [-0.3, -0.25) is 14.6 Å². The lowest BCUT2D eigenvalue weighted by atomic mass is 9.90. The van der Waals surface area contributed by atoms with Crippen molar-refractivity contribution in [1.29, 1.82) is 0 Å². The highest BCUT2D eigenvalue weighted by atomic mass is 31.2. The number of ether oxygens (including phenoxy) is 1. The maximum atomic E-state index is 12.7. The average molecular weight is 435 g/mol. The molecule has 0 aliphatic carbocycles. The molecular weight excluding hydrogens is 403 g/mol. The molecule has 1 aromatic carbocycles. The number of aliphatic imine (C=N–C) groups is 1. The molecule has 1 rings (SSSR count). The third kappa shape index (κ3) is 11.4. The smallest absolute Gasteiger partial charge is 0.309 e. The number of nitrogens with two attached hydrogens (primary N) is 2. The molecule has 0 aliphatic rings. The number of amidine groups is 1. The monoisotopic (exact) mass is 435 g/mol. The number of Topliss-reactive ketones (excluding diaryl/α,β-unsaturated/α-hetero) is 1. The van der Waals surface area contributed by atoms with Crippen molar-refractivity contribution >= 4 is 33.3 Å². The van der Waals surface area contributed by atoms with E-state index in [1.165, 1.54) is 0 Å². The lowest BCUT2D eigenvalue weighted by Crippen LogP contribution is -2.34. The van der Waals surface area contributed by atoms with Crippen molar-refractivity contribution in [3.63, 3.8) is 0 Å². The predicted octanol–water partition coefficient (Wildman–Crippen LogP) is 3.27. The summed E-state index contributed by atoms with van der Waals surface area (Å²) in [5, 5.41) is 0. The largest absolute Gasteiger partial charge is 0.461 e. The fourth-order valence-electron chi connectivity index (χ4n) is 2.97. The second-order valence-corrected chi connectivity index (χ2v) is 8.89. The highest BCUT2D eigenvalue weighted by molar-refractivity contribution is 7.78. The summed E-state index contributed by atoms with van der Waals surface area (Å²) in [4.78, 5) is 29.1.